The number of pyridine rings is 3. The average molecular weight is 489 g/mol. The largest absolute Gasteiger partial charge is 0.337 e. The lowest BCUT2D eigenvalue weighted by Gasteiger charge is -2.17. The highest BCUT2D eigenvalue weighted by atomic mass is 16.2. The van der Waals surface area contributed by atoms with E-state index in [0.29, 0.717) is 22.9 Å². The maximum absolute atomic E-state index is 12.4. The number of amides is 1. The van der Waals surface area contributed by atoms with Gasteiger partial charge in [0.1, 0.15) is 5.69 Å². The Labute approximate surface area is 212 Å². The van der Waals surface area contributed by atoms with Crippen LogP contribution >= 0.6 is 0 Å². The SMILES string of the molecule is CC(C)(C)C(=O)Nc1cncc(-c2cnc3[nH]nc(-c4nc5c(-c6cccnc6)cccc5[nH]4)c3c2)c1. The van der Waals surface area contributed by atoms with Crippen molar-refractivity contribution < 1.29 is 4.79 Å². The van der Waals surface area contributed by atoms with Gasteiger partial charge in [-0.15, -0.1) is 0 Å². The molecule has 0 radical (unpaired) electrons. The highest BCUT2D eigenvalue weighted by Gasteiger charge is 2.21. The molecule has 0 aliphatic carbocycles. The predicted octanol–water partition coefficient (Wildman–Crippen LogP) is 5.61. The van der Waals surface area contributed by atoms with E-state index in [2.05, 4.69) is 35.5 Å². The molecule has 9 nitrogen and oxygen atoms in total. The van der Waals surface area contributed by atoms with Gasteiger partial charge in [0.2, 0.25) is 5.91 Å². The van der Waals surface area contributed by atoms with Gasteiger partial charge in [0, 0.05) is 52.5 Å². The van der Waals surface area contributed by atoms with Crippen LogP contribution in [0.4, 0.5) is 5.69 Å². The van der Waals surface area contributed by atoms with Crippen molar-refractivity contribution in [1.82, 2.24) is 35.1 Å². The van der Waals surface area contributed by atoms with Crippen molar-refractivity contribution in [2.24, 2.45) is 5.41 Å². The Morgan fingerprint density at radius 2 is 1.76 bits per heavy atom. The van der Waals surface area contributed by atoms with E-state index in [0.717, 1.165) is 38.7 Å². The number of nitrogens with one attached hydrogen (secondary N) is 3. The van der Waals surface area contributed by atoms with Gasteiger partial charge in [0.05, 0.1) is 28.3 Å². The zero-order valence-corrected chi connectivity index (χ0v) is 20.6. The Morgan fingerprint density at radius 1 is 0.919 bits per heavy atom. The first-order valence-corrected chi connectivity index (χ1v) is 11.9. The number of aromatic nitrogens is 7. The van der Waals surface area contributed by atoms with Gasteiger partial charge >= 0.3 is 0 Å². The maximum Gasteiger partial charge on any atom is 0.229 e. The molecule has 182 valence electrons. The number of H-pyrrole nitrogens is 2. The second kappa shape index (κ2) is 8.63. The number of rotatable bonds is 4. The Kier molecular flexibility index (Phi) is 5.26. The third-order valence-corrected chi connectivity index (χ3v) is 6.14. The quantitative estimate of drug-likeness (QED) is 0.296. The fourth-order valence-corrected chi connectivity index (χ4v) is 4.13. The number of para-hydroxylation sites is 1. The van der Waals surface area contributed by atoms with Crippen LogP contribution in [0.25, 0.3) is 55.8 Å². The fraction of sp³-hybridized carbons (Fsp3) is 0.143. The van der Waals surface area contributed by atoms with E-state index < -0.39 is 5.41 Å². The summed E-state index contributed by atoms with van der Waals surface area (Å²) in [4.78, 5) is 33.9. The second-order valence-electron chi connectivity index (χ2n) is 9.89. The summed E-state index contributed by atoms with van der Waals surface area (Å²) in [5.41, 5.74) is 6.86. The Morgan fingerprint density at radius 3 is 2.57 bits per heavy atom. The molecule has 0 unspecified atom stereocenters. The minimum absolute atomic E-state index is 0.0762. The number of carbonyl (C=O) groups is 1. The molecule has 0 bridgehead atoms. The van der Waals surface area contributed by atoms with E-state index in [1.165, 1.54) is 0 Å². The van der Waals surface area contributed by atoms with E-state index >= 15 is 0 Å². The third kappa shape index (κ3) is 4.20. The topological polar surface area (TPSA) is 125 Å². The molecule has 0 atom stereocenters. The number of hydrogen-bond acceptors (Lipinski definition) is 6. The van der Waals surface area contributed by atoms with Crippen molar-refractivity contribution in [2.75, 3.05) is 5.32 Å². The summed E-state index contributed by atoms with van der Waals surface area (Å²) < 4.78 is 0. The Hall–Kier alpha value is -4.92. The van der Waals surface area contributed by atoms with Crippen LogP contribution in [0.15, 0.2) is 73.4 Å². The van der Waals surface area contributed by atoms with Crippen molar-refractivity contribution in [1.29, 1.82) is 0 Å². The van der Waals surface area contributed by atoms with Gasteiger partial charge in [-0.1, -0.05) is 39.0 Å². The summed E-state index contributed by atoms with van der Waals surface area (Å²) >= 11 is 0. The van der Waals surface area contributed by atoms with E-state index in [1.807, 2.05) is 69.4 Å². The minimum Gasteiger partial charge on any atom is -0.337 e. The van der Waals surface area contributed by atoms with Crippen molar-refractivity contribution in [3.63, 3.8) is 0 Å². The molecule has 6 rings (SSSR count). The van der Waals surface area contributed by atoms with Gasteiger partial charge in [-0.3, -0.25) is 19.9 Å². The summed E-state index contributed by atoms with van der Waals surface area (Å²) in [7, 11) is 0. The fourth-order valence-electron chi connectivity index (χ4n) is 4.13. The van der Waals surface area contributed by atoms with Crippen molar-refractivity contribution in [2.45, 2.75) is 20.8 Å². The van der Waals surface area contributed by atoms with E-state index in [9.17, 15) is 4.79 Å². The van der Waals surface area contributed by atoms with Crippen molar-refractivity contribution >= 4 is 33.7 Å². The summed E-state index contributed by atoms with van der Waals surface area (Å²) in [6.07, 6.45) is 8.72. The van der Waals surface area contributed by atoms with Crippen LogP contribution in [0, 0.1) is 5.41 Å². The van der Waals surface area contributed by atoms with Gasteiger partial charge in [0.15, 0.2) is 11.5 Å². The number of benzene rings is 1. The zero-order valence-electron chi connectivity index (χ0n) is 20.6. The Bertz CT molecular complexity index is 1760. The molecule has 0 fully saturated rings. The molecule has 5 aromatic heterocycles. The summed E-state index contributed by atoms with van der Waals surface area (Å²) in [5, 5.41) is 11.3. The van der Waals surface area contributed by atoms with Gasteiger partial charge in [-0.2, -0.15) is 5.10 Å². The van der Waals surface area contributed by atoms with Crippen LogP contribution in [0.1, 0.15) is 20.8 Å². The monoisotopic (exact) mass is 488 g/mol. The molecule has 6 aromatic rings. The lowest BCUT2D eigenvalue weighted by molar-refractivity contribution is -0.123. The molecule has 9 heteroatoms. The number of nitrogens with zero attached hydrogens (tertiary/aromatic N) is 5. The molecule has 0 spiro atoms. The molecule has 37 heavy (non-hydrogen) atoms. The molecule has 5 heterocycles. The second-order valence-corrected chi connectivity index (χ2v) is 9.89. The van der Waals surface area contributed by atoms with E-state index in [1.54, 1.807) is 24.8 Å². The maximum atomic E-state index is 12.4. The van der Waals surface area contributed by atoms with Crippen LogP contribution in [0.5, 0.6) is 0 Å². The molecule has 1 amide bonds. The first-order valence-electron chi connectivity index (χ1n) is 11.9. The van der Waals surface area contributed by atoms with Crippen LogP contribution in [-0.2, 0) is 4.79 Å². The van der Waals surface area contributed by atoms with Crippen LogP contribution in [0.2, 0.25) is 0 Å². The lowest BCUT2D eigenvalue weighted by atomic mass is 9.95. The minimum atomic E-state index is -0.508. The van der Waals surface area contributed by atoms with Gasteiger partial charge in [0.25, 0.3) is 0 Å². The first kappa shape index (κ1) is 22.5. The number of carbonyl (C=O) groups excluding carboxylic acids is 1. The highest BCUT2D eigenvalue weighted by Crippen LogP contribution is 2.32. The van der Waals surface area contributed by atoms with Gasteiger partial charge in [-0.05, 0) is 24.3 Å². The van der Waals surface area contributed by atoms with Gasteiger partial charge < -0.3 is 10.3 Å². The number of imidazole rings is 1. The third-order valence-electron chi connectivity index (χ3n) is 6.14. The number of hydrogen-bond donors (Lipinski definition) is 3. The normalized spacial score (nSPS) is 11.8. The zero-order chi connectivity index (χ0) is 25.6. The summed E-state index contributed by atoms with van der Waals surface area (Å²) in [5.74, 6) is 0.563. The van der Waals surface area contributed by atoms with E-state index in [-0.39, 0.29) is 5.91 Å². The molecular weight excluding hydrogens is 464 g/mol. The predicted molar refractivity (Wildman–Crippen MR) is 144 cm³/mol. The van der Waals surface area contributed by atoms with Crippen LogP contribution < -0.4 is 5.32 Å². The number of fused-ring (bicyclic) bond motifs is 2. The highest BCUT2D eigenvalue weighted by molar-refractivity contribution is 5.98. The van der Waals surface area contributed by atoms with E-state index in [4.69, 9.17) is 4.98 Å². The van der Waals surface area contributed by atoms with Gasteiger partial charge in [-0.25, -0.2) is 9.97 Å². The molecule has 0 aliphatic heterocycles. The van der Waals surface area contributed by atoms with Crippen LogP contribution in [-0.4, -0.2) is 41.0 Å². The lowest BCUT2D eigenvalue weighted by Crippen LogP contribution is -2.27. The number of aromatic amines is 2. The van der Waals surface area contributed by atoms with Crippen LogP contribution in [0.3, 0.4) is 0 Å². The molecule has 3 N–H and O–H groups in total. The average Bonchev–Trinajstić information content (AvgIpc) is 3.52. The first-order chi connectivity index (χ1) is 17.9. The van der Waals surface area contributed by atoms with Crippen molar-refractivity contribution in [3.8, 4) is 33.8 Å². The standard InChI is InChI=1S/C28H24N8O/c1-28(2,3)27(37)32-19-10-17(13-30-15-19)18-11-21-24(35-36-25(21)31-14-18)26-33-22-8-4-7-20(23(22)34-26)16-6-5-9-29-12-16/h4-15H,1-3H3,(H,32,37)(H,33,34)(H,31,35,36). The van der Waals surface area contributed by atoms with Crippen molar-refractivity contribution in [3.05, 3.63) is 73.4 Å². The number of anilines is 1. The Balaban J connectivity index is 1.40. The molecule has 0 saturated carbocycles. The molecule has 0 saturated heterocycles. The molecule has 0 aliphatic rings. The molecule has 1 aromatic carbocycles. The smallest absolute Gasteiger partial charge is 0.229 e. The molecular formula is C28H24N8O. The summed E-state index contributed by atoms with van der Waals surface area (Å²) in [6, 6.07) is 13.8. The summed E-state index contributed by atoms with van der Waals surface area (Å²) in [6.45, 7) is 5.61.